The largest absolute Gasteiger partial charge is 0.539 e. The van der Waals surface area contributed by atoms with Gasteiger partial charge in [-0.2, -0.15) is 0 Å². The fraction of sp³-hybridized carbons (Fsp3) is 0.565. The second-order valence-electron chi connectivity index (χ2n) is 10.1. The number of ketones is 1. The Bertz CT molecular complexity index is 1250. The van der Waals surface area contributed by atoms with Crippen molar-refractivity contribution < 1.29 is 37.6 Å². The molecule has 0 aliphatic carbocycles. The van der Waals surface area contributed by atoms with Crippen LogP contribution in [0.3, 0.4) is 0 Å². The first kappa shape index (κ1) is 30.0. The van der Waals surface area contributed by atoms with E-state index in [0.717, 1.165) is 4.90 Å². The Labute approximate surface area is 232 Å². The van der Waals surface area contributed by atoms with Gasteiger partial charge in [-0.3, -0.25) is 18.7 Å². The Hall–Kier alpha value is -2.58. The van der Waals surface area contributed by atoms with Crippen LogP contribution in [-0.4, -0.2) is 79.7 Å². The van der Waals surface area contributed by atoms with Gasteiger partial charge in [-0.05, 0) is 47.1 Å². The summed E-state index contributed by atoms with van der Waals surface area (Å²) < 4.78 is 22.6. The number of carbonyl (C=O) groups is 4. The molecule has 1 saturated heterocycles. The summed E-state index contributed by atoms with van der Waals surface area (Å²) in [4.78, 5) is 62.0. The molecule has 0 bridgehead atoms. The summed E-state index contributed by atoms with van der Waals surface area (Å²) in [5.74, 6) is -4.15. The highest BCUT2D eigenvalue weighted by Gasteiger charge is 2.57. The van der Waals surface area contributed by atoms with Crippen LogP contribution in [0.15, 0.2) is 21.8 Å². The maximum absolute atomic E-state index is 13.4. The summed E-state index contributed by atoms with van der Waals surface area (Å²) in [7, 11) is 3.38. The number of oxime groups is 1. The molecule has 1 aromatic heterocycles. The summed E-state index contributed by atoms with van der Waals surface area (Å²) >= 11 is 7.15. The number of aryl methyl sites for hydroxylation is 1. The molecule has 0 saturated carbocycles. The molecular weight excluding hydrogens is 557 g/mol. The first-order valence-electron chi connectivity index (χ1n) is 11.5. The van der Waals surface area contributed by atoms with Crippen molar-refractivity contribution in [3.05, 3.63) is 27.4 Å². The lowest BCUT2D eigenvalue weighted by Crippen LogP contribution is -2.66. The van der Waals surface area contributed by atoms with E-state index in [-0.39, 0.29) is 34.3 Å². The highest BCUT2D eigenvalue weighted by molar-refractivity contribution is 7.86. The van der Waals surface area contributed by atoms with Gasteiger partial charge < -0.3 is 14.2 Å². The summed E-state index contributed by atoms with van der Waals surface area (Å²) in [6, 6.07) is 0. The van der Waals surface area contributed by atoms with E-state index in [0.29, 0.717) is 5.01 Å². The van der Waals surface area contributed by atoms with Crippen molar-refractivity contribution in [3.63, 3.8) is 0 Å². The van der Waals surface area contributed by atoms with Gasteiger partial charge in [0.25, 0.3) is 0 Å². The fourth-order valence-corrected chi connectivity index (χ4v) is 6.46. The second-order valence-corrected chi connectivity index (χ2v) is 13.0. The van der Waals surface area contributed by atoms with Gasteiger partial charge in [0, 0.05) is 28.5 Å². The summed E-state index contributed by atoms with van der Waals surface area (Å²) in [6.45, 7) is 9.73. The standard InChI is InChI=1S/C23H27BClN3O8S2/c1-11-26-14(9-37-11)16(27-36-23(5,6)21(32)34-22(2,3)4)15(29)7-13-18(30)28-17(20(31)35-24)12(8-25)10-38(33)19(13)28/h9,13,19H,7-8,10H2,1-6H3/b27-16-/t13-,19-,38?/m1/s1. The Morgan fingerprint density at radius 3 is 2.47 bits per heavy atom. The highest BCUT2D eigenvalue weighted by Crippen LogP contribution is 2.41. The van der Waals surface area contributed by atoms with Gasteiger partial charge >= 0.3 is 20.0 Å². The van der Waals surface area contributed by atoms with Gasteiger partial charge in [-0.1, -0.05) is 5.16 Å². The van der Waals surface area contributed by atoms with E-state index < -0.39 is 63.3 Å². The molecule has 15 heteroatoms. The lowest BCUT2D eigenvalue weighted by Gasteiger charge is -2.49. The topological polar surface area (TPSA) is 142 Å². The SMILES string of the molecule is [B]OC(=O)C1=C(CCl)CS(=O)[C@@H]2[C@H](CC(=O)/C(=N\OC(C)(C)C(=O)OC(C)(C)C)c3csc(C)n3)C(=O)N12. The Morgan fingerprint density at radius 2 is 1.95 bits per heavy atom. The van der Waals surface area contributed by atoms with Crippen LogP contribution in [0.2, 0.25) is 0 Å². The predicted molar refractivity (Wildman–Crippen MR) is 141 cm³/mol. The normalized spacial score (nSPS) is 22.0. The van der Waals surface area contributed by atoms with E-state index in [1.807, 2.05) is 0 Å². The fourth-order valence-electron chi connectivity index (χ4n) is 3.75. The third-order valence-corrected chi connectivity index (χ3v) is 8.37. The second kappa shape index (κ2) is 11.3. The van der Waals surface area contributed by atoms with E-state index in [9.17, 15) is 23.4 Å². The van der Waals surface area contributed by atoms with Crippen LogP contribution in [0.1, 0.15) is 51.7 Å². The average molecular weight is 584 g/mol. The molecule has 0 spiro atoms. The van der Waals surface area contributed by atoms with Crippen molar-refractivity contribution >= 4 is 71.1 Å². The number of amides is 1. The lowest BCUT2D eigenvalue weighted by molar-refractivity contribution is -0.179. The third kappa shape index (κ3) is 6.18. The summed E-state index contributed by atoms with van der Waals surface area (Å²) in [5, 5.41) is 5.25. The van der Waals surface area contributed by atoms with Crippen LogP contribution in [0, 0.1) is 12.8 Å². The monoisotopic (exact) mass is 583 g/mol. The van der Waals surface area contributed by atoms with E-state index in [1.54, 1.807) is 33.1 Å². The number of hydrogen-bond donors (Lipinski definition) is 0. The number of halogens is 1. The molecule has 11 nitrogen and oxygen atoms in total. The minimum absolute atomic E-state index is 0.0769. The van der Waals surface area contributed by atoms with Gasteiger partial charge in [0.05, 0.1) is 16.7 Å². The van der Waals surface area contributed by atoms with Crippen molar-refractivity contribution in [1.29, 1.82) is 0 Å². The summed E-state index contributed by atoms with van der Waals surface area (Å²) in [6.07, 6.45) is -0.390. The zero-order chi connectivity index (χ0) is 28.6. The molecular formula is C23H27BClN3O8S2. The zero-order valence-electron chi connectivity index (χ0n) is 21.7. The molecule has 38 heavy (non-hydrogen) atoms. The van der Waals surface area contributed by atoms with Crippen molar-refractivity contribution in [2.24, 2.45) is 11.1 Å². The van der Waals surface area contributed by atoms with Crippen molar-refractivity contribution in [1.82, 2.24) is 9.88 Å². The molecule has 3 heterocycles. The van der Waals surface area contributed by atoms with E-state index in [4.69, 9.17) is 29.2 Å². The van der Waals surface area contributed by atoms with Crippen LogP contribution < -0.4 is 0 Å². The van der Waals surface area contributed by atoms with Gasteiger partial charge in [-0.25, -0.2) is 14.6 Å². The van der Waals surface area contributed by atoms with Crippen LogP contribution in [0.5, 0.6) is 0 Å². The van der Waals surface area contributed by atoms with E-state index in [2.05, 4.69) is 14.8 Å². The van der Waals surface area contributed by atoms with Gasteiger partial charge in [0.15, 0.2) is 11.5 Å². The molecule has 1 unspecified atom stereocenters. The predicted octanol–water partition coefficient (Wildman–Crippen LogP) is 1.92. The number of esters is 1. The number of thiazole rings is 1. The van der Waals surface area contributed by atoms with Crippen LogP contribution >= 0.6 is 22.9 Å². The van der Waals surface area contributed by atoms with Crippen LogP contribution in [0.25, 0.3) is 0 Å². The number of alkyl halides is 1. The number of fused-ring (bicyclic) bond motifs is 1. The number of β-lactam (4-membered cyclic amide) rings is 1. The first-order chi connectivity index (χ1) is 17.6. The number of carbonyl (C=O) groups excluding carboxylic acids is 4. The maximum atomic E-state index is 13.4. The number of ether oxygens (including phenoxy) is 1. The van der Waals surface area contributed by atoms with Crippen molar-refractivity contribution in [2.75, 3.05) is 11.6 Å². The first-order valence-corrected chi connectivity index (χ1v) is 14.3. The van der Waals surface area contributed by atoms with Crippen molar-refractivity contribution in [2.45, 2.75) is 64.5 Å². The quantitative estimate of drug-likeness (QED) is 0.106. The average Bonchev–Trinajstić information content (AvgIpc) is 3.25. The molecule has 3 atom stereocenters. The van der Waals surface area contributed by atoms with Crippen molar-refractivity contribution in [3.8, 4) is 0 Å². The van der Waals surface area contributed by atoms with Crippen LogP contribution in [0.4, 0.5) is 0 Å². The molecule has 1 amide bonds. The maximum Gasteiger partial charge on any atom is 0.378 e. The zero-order valence-corrected chi connectivity index (χ0v) is 24.1. The number of rotatable bonds is 9. The lowest BCUT2D eigenvalue weighted by atomic mass is 9.89. The molecule has 3 rings (SSSR count). The minimum Gasteiger partial charge on any atom is -0.539 e. The van der Waals surface area contributed by atoms with Gasteiger partial charge in [0.1, 0.15) is 22.4 Å². The molecule has 1 aromatic rings. The van der Waals surface area contributed by atoms with Gasteiger partial charge in [0.2, 0.25) is 11.5 Å². The Morgan fingerprint density at radius 1 is 1.29 bits per heavy atom. The molecule has 204 valence electrons. The third-order valence-electron chi connectivity index (χ3n) is 5.56. The number of aromatic nitrogens is 1. The number of Topliss-reactive ketones (excluding diaryl/α,β-unsaturated/α-hetero) is 1. The Balaban J connectivity index is 1.87. The Kier molecular flexibility index (Phi) is 8.89. The molecule has 2 aliphatic heterocycles. The van der Waals surface area contributed by atoms with Crippen LogP contribution in [-0.2, 0) is 44.2 Å². The highest BCUT2D eigenvalue weighted by atomic mass is 35.5. The van der Waals surface area contributed by atoms with E-state index >= 15 is 0 Å². The van der Waals surface area contributed by atoms with Gasteiger partial charge in [-0.15, -0.1) is 22.9 Å². The smallest absolute Gasteiger partial charge is 0.378 e. The summed E-state index contributed by atoms with van der Waals surface area (Å²) in [5.41, 5.74) is -2.23. The molecule has 0 aromatic carbocycles. The molecule has 2 radical (unpaired) electrons. The number of nitrogens with zero attached hydrogens (tertiary/aromatic N) is 3. The molecule has 2 aliphatic rings. The van der Waals surface area contributed by atoms with E-state index in [1.165, 1.54) is 25.2 Å². The molecule has 0 N–H and O–H groups in total. The molecule has 1 fully saturated rings. The number of hydrogen-bond acceptors (Lipinski definition) is 11. The minimum atomic E-state index is -1.64.